The molecule has 6 heteroatoms. The van der Waals surface area contributed by atoms with Gasteiger partial charge in [0.25, 0.3) is 0 Å². The molecule has 0 saturated carbocycles. The zero-order valence-electron chi connectivity index (χ0n) is 9.91. The fourth-order valence-electron chi connectivity index (χ4n) is 1.14. The van der Waals surface area contributed by atoms with Crippen LogP contribution in [-0.2, 0) is 4.74 Å². The minimum Gasteiger partial charge on any atom is -0.495 e. The van der Waals surface area contributed by atoms with Crippen molar-refractivity contribution in [2.24, 2.45) is 0 Å². The Morgan fingerprint density at radius 2 is 2.12 bits per heavy atom. The number of carbonyl (C=O) groups excluding carboxylic acids is 1. The number of anilines is 1. The Kier molecular flexibility index (Phi) is 4.90. The molecule has 5 nitrogen and oxygen atoms in total. The highest BCUT2D eigenvalue weighted by atomic mass is 35.5. The predicted molar refractivity (Wildman–Crippen MR) is 66.4 cm³/mol. The average molecular weight is 259 g/mol. The van der Waals surface area contributed by atoms with Crippen molar-refractivity contribution < 1.29 is 14.3 Å². The van der Waals surface area contributed by atoms with Gasteiger partial charge in [-0.05, 0) is 32.0 Å². The summed E-state index contributed by atoms with van der Waals surface area (Å²) in [6, 6.07) is 5.02. The molecule has 0 aliphatic rings. The molecule has 0 bridgehead atoms. The molecule has 0 radical (unpaired) electrons. The van der Waals surface area contributed by atoms with Crippen molar-refractivity contribution in [2.45, 2.75) is 20.0 Å². The number of hydrogen-bond donors (Lipinski definition) is 2. The van der Waals surface area contributed by atoms with Crippen molar-refractivity contribution in [1.29, 1.82) is 0 Å². The molecule has 0 aliphatic heterocycles. The molecule has 0 atom stereocenters. The number of rotatable bonds is 4. The normalized spacial score (nSPS) is 9.94. The van der Waals surface area contributed by atoms with Gasteiger partial charge in [-0.1, -0.05) is 11.6 Å². The third kappa shape index (κ3) is 4.40. The Morgan fingerprint density at radius 3 is 2.71 bits per heavy atom. The molecule has 0 aliphatic carbocycles. The first-order valence-corrected chi connectivity index (χ1v) is 5.47. The fraction of sp³-hybridized carbons (Fsp3) is 0.364. The molecule has 1 amide bonds. The highest BCUT2D eigenvalue weighted by molar-refractivity contribution is 6.30. The summed E-state index contributed by atoms with van der Waals surface area (Å²) >= 11 is 5.83. The third-order valence-corrected chi connectivity index (χ3v) is 2.04. The van der Waals surface area contributed by atoms with Gasteiger partial charge < -0.3 is 9.47 Å². The second kappa shape index (κ2) is 6.20. The Bertz CT molecular complexity index is 396. The standard InChI is InChI=1S/C11H15ClN2O3/c1-7(2)17-11(15)14-13-9-6-8(12)4-5-10(9)16-3/h4-7,13H,1-3H3,(H,14,15). The van der Waals surface area contributed by atoms with Crippen LogP contribution in [0.25, 0.3) is 0 Å². The lowest BCUT2D eigenvalue weighted by atomic mass is 10.3. The van der Waals surface area contributed by atoms with E-state index in [1.807, 2.05) is 0 Å². The van der Waals surface area contributed by atoms with Crippen molar-refractivity contribution in [3.05, 3.63) is 23.2 Å². The maximum atomic E-state index is 11.2. The summed E-state index contributed by atoms with van der Waals surface area (Å²) in [6.45, 7) is 3.53. The number of carbonyl (C=O) groups is 1. The van der Waals surface area contributed by atoms with Crippen LogP contribution in [0.2, 0.25) is 5.02 Å². The molecule has 17 heavy (non-hydrogen) atoms. The summed E-state index contributed by atoms with van der Waals surface area (Å²) < 4.78 is 9.99. The SMILES string of the molecule is COc1ccc(Cl)cc1NNC(=O)OC(C)C. The van der Waals surface area contributed by atoms with E-state index in [9.17, 15) is 4.79 Å². The molecular formula is C11H15ClN2O3. The van der Waals surface area contributed by atoms with Crippen LogP contribution in [0.3, 0.4) is 0 Å². The van der Waals surface area contributed by atoms with E-state index in [0.29, 0.717) is 16.5 Å². The van der Waals surface area contributed by atoms with Gasteiger partial charge in [0, 0.05) is 5.02 Å². The smallest absolute Gasteiger partial charge is 0.426 e. The topological polar surface area (TPSA) is 59.6 Å². The van der Waals surface area contributed by atoms with Gasteiger partial charge >= 0.3 is 6.09 Å². The summed E-state index contributed by atoms with van der Waals surface area (Å²) in [4.78, 5) is 11.2. The lowest BCUT2D eigenvalue weighted by molar-refractivity contribution is 0.117. The zero-order chi connectivity index (χ0) is 12.8. The Balaban J connectivity index is 2.62. The number of nitrogens with one attached hydrogen (secondary N) is 2. The van der Waals surface area contributed by atoms with Crippen LogP contribution < -0.4 is 15.6 Å². The number of ether oxygens (including phenoxy) is 2. The molecular weight excluding hydrogens is 244 g/mol. The molecule has 0 aromatic heterocycles. The molecule has 0 unspecified atom stereocenters. The zero-order valence-corrected chi connectivity index (χ0v) is 10.7. The highest BCUT2D eigenvalue weighted by Gasteiger charge is 2.07. The average Bonchev–Trinajstić information content (AvgIpc) is 2.25. The van der Waals surface area contributed by atoms with E-state index in [-0.39, 0.29) is 6.10 Å². The molecule has 1 aromatic carbocycles. The van der Waals surface area contributed by atoms with Crippen molar-refractivity contribution in [2.75, 3.05) is 12.5 Å². The molecule has 0 spiro atoms. The van der Waals surface area contributed by atoms with Crippen LogP contribution in [-0.4, -0.2) is 19.3 Å². The van der Waals surface area contributed by atoms with Gasteiger partial charge in [0.15, 0.2) is 0 Å². The van der Waals surface area contributed by atoms with E-state index in [1.165, 1.54) is 7.11 Å². The van der Waals surface area contributed by atoms with Gasteiger partial charge in [0.2, 0.25) is 0 Å². The lowest BCUT2D eigenvalue weighted by Gasteiger charge is -2.13. The molecule has 0 heterocycles. The molecule has 94 valence electrons. The maximum Gasteiger partial charge on any atom is 0.426 e. The monoisotopic (exact) mass is 258 g/mol. The molecule has 0 fully saturated rings. The second-order valence-electron chi connectivity index (χ2n) is 3.55. The number of halogens is 1. The highest BCUT2D eigenvalue weighted by Crippen LogP contribution is 2.26. The first kappa shape index (κ1) is 13.4. The largest absolute Gasteiger partial charge is 0.495 e. The van der Waals surface area contributed by atoms with Crippen LogP contribution in [0.15, 0.2) is 18.2 Å². The lowest BCUT2D eigenvalue weighted by Crippen LogP contribution is -2.31. The summed E-state index contributed by atoms with van der Waals surface area (Å²) in [7, 11) is 1.53. The van der Waals surface area contributed by atoms with Crippen LogP contribution in [0.5, 0.6) is 5.75 Å². The third-order valence-electron chi connectivity index (χ3n) is 1.80. The molecule has 1 rings (SSSR count). The van der Waals surface area contributed by atoms with E-state index in [4.69, 9.17) is 21.1 Å². The van der Waals surface area contributed by atoms with Gasteiger partial charge in [-0.2, -0.15) is 0 Å². The summed E-state index contributed by atoms with van der Waals surface area (Å²) in [5.74, 6) is 0.569. The van der Waals surface area contributed by atoms with Gasteiger partial charge in [-0.25, -0.2) is 10.2 Å². The number of hydrogen-bond acceptors (Lipinski definition) is 4. The maximum absolute atomic E-state index is 11.2. The number of hydrazine groups is 1. The molecule has 1 aromatic rings. The predicted octanol–water partition coefficient (Wildman–Crippen LogP) is 2.81. The van der Waals surface area contributed by atoms with Gasteiger partial charge in [0.05, 0.1) is 18.9 Å². The Hall–Kier alpha value is -1.62. The van der Waals surface area contributed by atoms with Crippen molar-refractivity contribution in [3.63, 3.8) is 0 Å². The Morgan fingerprint density at radius 1 is 1.41 bits per heavy atom. The summed E-state index contributed by atoms with van der Waals surface area (Å²) in [6.07, 6.45) is -0.750. The minimum absolute atomic E-state index is 0.182. The first-order valence-electron chi connectivity index (χ1n) is 5.09. The number of benzene rings is 1. The first-order chi connectivity index (χ1) is 8.02. The fourth-order valence-corrected chi connectivity index (χ4v) is 1.31. The molecule has 2 N–H and O–H groups in total. The van der Waals surface area contributed by atoms with Crippen molar-refractivity contribution >= 4 is 23.4 Å². The van der Waals surface area contributed by atoms with Gasteiger partial charge in [-0.3, -0.25) is 5.43 Å². The van der Waals surface area contributed by atoms with Crippen LogP contribution in [0.4, 0.5) is 10.5 Å². The molecule has 0 saturated heterocycles. The quantitative estimate of drug-likeness (QED) is 0.816. The summed E-state index contributed by atoms with van der Waals surface area (Å²) in [5, 5.41) is 0.535. The van der Waals surface area contributed by atoms with E-state index in [1.54, 1.807) is 32.0 Å². The van der Waals surface area contributed by atoms with Gasteiger partial charge in [-0.15, -0.1) is 0 Å². The van der Waals surface area contributed by atoms with E-state index in [0.717, 1.165) is 0 Å². The summed E-state index contributed by atoms with van der Waals surface area (Å²) in [5.41, 5.74) is 5.61. The second-order valence-corrected chi connectivity index (χ2v) is 3.99. The van der Waals surface area contributed by atoms with Gasteiger partial charge in [0.1, 0.15) is 5.75 Å². The van der Waals surface area contributed by atoms with E-state index < -0.39 is 6.09 Å². The van der Waals surface area contributed by atoms with E-state index >= 15 is 0 Å². The van der Waals surface area contributed by atoms with Crippen LogP contribution >= 0.6 is 11.6 Å². The van der Waals surface area contributed by atoms with E-state index in [2.05, 4.69) is 10.9 Å². The minimum atomic E-state index is -0.568. The van der Waals surface area contributed by atoms with Crippen molar-refractivity contribution in [1.82, 2.24) is 5.43 Å². The van der Waals surface area contributed by atoms with Crippen LogP contribution in [0, 0.1) is 0 Å². The number of amides is 1. The van der Waals surface area contributed by atoms with Crippen molar-refractivity contribution in [3.8, 4) is 5.75 Å². The Labute approximate surface area is 105 Å². The van der Waals surface area contributed by atoms with Crippen LogP contribution in [0.1, 0.15) is 13.8 Å². The number of methoxy groups -OCH3 is 1.